The summed E-state index contributed by atoms with van der Waals surface area (Å²) >= 11 is 1.47. The zero-order valence-corrected chi connectivity index (χ0v) is 9.36. The molecule has 0 saturated carbocycles. The number of thiazole rings is 1. The van der Waals surface area contributed by atoms with Crippen molar-refractivity contribution in [2.75, 3.05) is 5.32 Å². The number of carbonyl (C=O) groups excluding carboxylic acids is 1. The number of hydrogen-bond donors (Lipinski definition) is 1. The molecule has 1 N–H and O–H groups in total. The average molecular weight is 200 g/mol. The van der Waals surface area contributed by atoms with E-state index in [0.29, 0.717) is 5.13 Å². The number of hydrogen-bond acceptors (Lipinski definition) is 3. The van der Waals surface area contributed by atoms with Gasteiger partial charge >= 0.3 is 0 Å². The first-order valence-corrected chi connectivity index (χ1v) is 5.11. The van der Waals surface area contributed by atoms with Gasteiger partial charge in [-0.05, 0) is 6.92 Å². The van der Waals surface area contributed by atoms with E-state index in [9.17, 15) is 4.79 Å². The lowest BCUT2D eigenvalue weighted by Gasteiger charge is -1.91. The van der Waals surface area contributed by atoms with Gasteiger partial charge in [-0.15, -0.1) is 11.3 Å². The molecule has 0 bridgehead atoms. The summed E-state index contributed by atoms with van der Waals surface area (Å²) in [5, 5.41) is 3.27. The lowest BCUT2D eigenvalue weighted by atomic mass is 10.6. The maximum atomic E-state index is 10.5. The molecule has 4 heteroatoms. The molecule has 1 aromatic rings. The van der Waals surface area contributed by atoms with Gasteiger partial charge in [-0.1, -0.05) is 20.3 Å². The molecule has 3 nitrogen and oxygen atoms in total. The Balaban J connectivity index is 0.000000424. The smallest absolute Gasteiger partial charge is 0.223 e. The van der Waals surface area contributed by atoms with Crippen LogP contribution in [0.4, 0.5) is 5.13 Å². The molecule has 0 aliphatic carbocycles. The monoisotopic (exact) mass is 200 g/mol. The Hall–Kier alpha value is -0.900. The van der Waals surface area contributed by atoms with Crippen molar-refractivity contribution in [2.45, 2.75) is 34.1 Å². The molecule has 0 saturated heterocycles. The van der Waals surface area contributed by atoms with E-state index in [2.05, 4.69) is 24.1 Å². The van der Waals surface area contributed by atoms with E-state index < -0.39 is 0 Å². The predicted octanol–water partition coefficient (Wildman–Crippen LogP) is 2.83. The largest absolute Gasteiger partial charge is 0.302 e. The molecule has 0 aliphatic rings. The molecule has 0 fully saturated rings. The van der Waals surface area contributed by atoms with Crippen LogP contribution in [0.25, 0.3) is 0 Å². The van der Waals surface area contributed by atoms with Gasteiger partial charge in [-0.25, -0.2) is 4.98 Å². The van der Waals surface area contributed by atoms with Crippen molar-refractivity contribution in [3.63, 3.8) is 0 Å². The molecule has 1 amide bonds. The Labute approximate surface area is 83.2 Å². The van der Waals surface area contributed by atoms with Crippen molar-refractivity contribution in [2.24, 2.45) is 0 Å². The topological polar surface area (TPSA) is 42.0 Å². The van der Waals surface area contributed by atoms with Crippen LogP contribution < -0.4 is 5.32 Å². The summed E-state index contributed by atoms with van der Waals surface area (Å²) in [4.78, 5) is 15.5. The lowest BCUT2D eigenvalue weighted by molar-refractivity contribution is -0.114. The van der Waals surface area contributed by atoms with Crippen LogP contribution in [0.3, 0.4) is 0 Å². The quantitative estimate of drug-likeness (QED) is 0.757. The summed E-state index contributed by atoms with van der Waals surface area (Å²) in [6.07, 6.45) is 2.98. The number of nitrogens with zero attached hydrogens (tertiary/aromatic N) is 1. The second kappa shape index (κ2) is 6.60. The van der Waals surface area contributed by atoms with Crippen LogP contribution in [0.15, 0.2) is 6.20 Å². The highest BCUT2D eigenvalue weighted by molar-refractivity contribution is 7.15. The highest BCUT2D eigenvalue weighted by atomic mass is 32.1. The molecule has 74 valence electrons. The molecule has 0 atom stereocenters. The fraction of sp³-hybridized carbons (Fsp3) is 0.556. The van der Waals surface area contributed by atoms with E-state index in [4.69, 9.17) is 0 Å². The van der Waals surface area contributed by atoms with Crippen molar-refractivity contribution in [3.05, 3.63) is 11.1 Å². The van der Waals surface area contributed by atoms with Gasteiger partial charge in [0.15, 0.2) is 5.13 Å². The van der Waals surface area contributed by atoms with Crippen LogP contribution in [0.2, 0.25) is 0 Å². The summed E-state index contributed by atoms with van der Waals surface area (Å²) in [5.41, 5.74) is 0. The third-order valence-corrected chi connectivity index (χ3v) is 1.73. The van der Waals surface area contributed by atoms with Crippen molar-refractivity contribution < 1.29 is 4.79 Å². The SMILES string of the molecule is CC(=O)Nc1ncc(C)s1.CCC. The Morgan fingerprint density at radius 3 is 2.46 bits per heavy atom. The number of aryl methyl sites for hydroxylation is 1. The Morgan fingerprint density at radius 2 is 2.15 bits per heavy atom. The predicted molar refractivity (Wildman–Crippen MR) is 57.1 cm³/mol. The first-order valence-electron chi connectivity index (χ1n) is 4.30. The van der Waals surface area contributed by atoms with Crippen LogP contribution in [0.5, 0.6) is 0 Å². The van der Waals surface area contributed by atoms with Gasteiger partial charge in [0, 0.05) is 18.0 Å². The van der Waals surface area contributed by atoms with Gasteiger partial charge in [0.25, 0.3) is 0 Å². The van der Waals surface area contributed by atoms with Crippen molar-refractivity contribution in [3.8, 4) is 0 Å². The fourth-order valence-electron chi connectivity index (χ4n) is 0.563. The molecular weight excluding hydrogens is 184 g/mol. The first-order chi connectivity index (χ1) is 6.10. The van der Waals surface area contributed by atoms with E-state index in [1.54, 1.807) is 6.20 Å². The number of carbonyl (C=O) groups is 1. The molecule has 1 heterocycles. The average Bonchev–Trinajstić information content (AvgIpc) is 2.35. The second-order valence-electron chi connectivity index (χ2n) is 2.66. The van der Waals surface area contributed by atoms with Crippen LogP contribution in [0, 0.1) is 6.92 Å². The normalized spacial score (nSPS) is 8.62. The number of aromatic nitrogens is 1. The summed E-state index contributed by atoms with van der Waals surface area (Å²) in [6, 6.07) is 0. The third kappa shape index (κ3) is 6.28. The van der Waals surface area contributed by atoms with Crippen LogP contribution in [-0.2, 0) is 4.79 Å². The molecule has 1 rings (SSSR count). The van der Waals surface area contributed by atoms with Crippen LogP contribution >= 0.6 is 11.3 Å². The van der Waals surface area contributed by atoms with E-state index >= 15 is 0 Å². The van der Waals surface area contributed by atoms with E-state index in [1.807, 2.05) is 6.92 Å². The van der Waals surface area contributed by atoms with Crippen LogP contribution in [-0.4, -0.2) is 10.9 Å². The molecular formula is C9H16N2OS. The maximum absolute atomic E-state index is 10.5. The summed E-state index contributed by atoms with van der Waals surface area (Å²) in [7, 11) is 0. The molecule has 0 spiro atoms. The van der Waals surface area contributed by atoms with E-state index in [-0.39, 0.29) is 5.91 Å². The Kier molecular flexibility index (Phi) is 6.14. The summed E-state index contributed by atoms with van der Waals surface area (Å²) in [5.74, 6) is -0.0747. The molecule has 0 radical (unpaired) electrons. The summed E-state index contributed by atoms with van der Waals surface area (Å²) < 4.78 is 0. The minimum Gasteiger partial charge on any atom is -0.302 e. The fourth-order valence-corrected chi connectivity index (χ4v) is 1.27. The minimum absolute atomic E-state index is 0.0747. The summed E-state index contributed by atoms with van der Waals surface area (Å²) in [6.45, 7) is 7.67. The third-order valence-electron chi connectivity index (χ3n) is 0.904. The lowest BCUT2D eigenvalue weighted by Crippen LogP contribution is -2.04. The van der Waals surface area contributed by atoms with Crippen LogP contribution in [0.1, 0.15) is 32.1 Å². The van der Waals surface area contributed by atoms with Gasteiger partial charge in [0.1, 0.15) is 0 Å². The van der Waals surface area contributed by atoms with Crippen molar-refractivity contribution >= 4 is 22.4 Å². The molecule has 0 aromatic carbocycles. The van der Waals surface area contributed by atoms with Gasteiger partial charge in [0.2, 0.25) is 5.91 Å². The van der Waals surface area contributed by atoms with Crippen molar-refractivity contribution in [1.82, 2.24) is 4.98 Å². The molecule has 0 aliphatic heterocycles. The van der Waals surface area contributed by atoms with Gasteiger partial charge < -0.3 is 5.32 Å². The van der Waals surface area contributed by atoms with Crippen molar-refractivity contribution in [1.29, 1.82) is 0 Å². The number of amides is 1. The molecule has 13 heavy (non-hydrogen) atoms. The van der Waals surface area contributed by atoms with E-state index in [0.717, 1.165) is 4.88 Å². The molecule has 1 aromatic heterocycles. The number of rotatable bonds is 1. The minimum atomic E-state index is -0.0747. The Morgan fingerprint density at radius 1 is 1.62 bits per heavy atom. The van der Waals surface area contributed by atoms with E-state index in [1.165, 1.54) is 24.7 Å². The highest BCUT2D eigenvalue weighted by Gasteiger charge is 1.97. The zero-order valence-electron chi connectivity index (χ0n) is 8.55. The maximum Gasteiger partial charge on any atom is 0.223 e. The first kappa shape index (κ1) is 12.1. The Bertz CT molecular complexity index is 258. The van der Waals surface area contributed by atoms with Gasteiger partial charge in [0.05, 0.1) is 0 Å². The van der Waals surface area contributed by atoms with Gasteiger partial charge in [-0.2, -0.15) is 0 Å². The standard InChI is InChI=1S/C6H8N2OS.C3H8/c1-4-3-7-6(10-4)8-5(2)9;1-3-2/h3H,1-2H3,(H,7,8,9);3H2,1-2H3. The van der Waals surface area contributed by atoms with Gasteiger partial charge in [-0.3, -0.25) is 4.79 Å². The zero-order chi connectivity index (χ0) is 10.3. The number of nitrogens with one attached hydrogen (secondary N) is 1. The second-order valence-corrected chi connectivity index (χ2v) is 3.90. The number of anilines is 1. The highest BCUT2D eigenvalue weighted by Crippen LogP contribution is 2.15. The molecule has 0 unspecified atom stereocenters.